The maximum atomic E-state index is 4.67. The molecule has 0 unspecified atom stereocenters. The Kier molecular flexibility index (Phi) is 17.9. The zero-order valence-corrected chi connectivity index (χ0v) is 21.2. The third-order valence-corrected chi connectivity index (χ3v) is 5.47. The number of hydrogen-bond donors (Lipinski definition) is 0. The minimum atomic E-state index is 0. The second-order valence-corrected chi connectivity index (χ2v) is 8.37. The molecule has 2 rings (SSSR count). The van der Waals surface area contributed by atoms with Crippen molar-refractivity contribution in [1.29, 1.82) is 0 Å². The van der Waals surface area contributed by atoms with E-state index in [1.165, 1.54) is 77.0 Å². The number of hydrogen-bond acceptors (Lipinski definition) is 2. The van der Waals surface area contributed by atoms with Crippen LogP contribution < -0.4 is 0 Å². The largest absolute Gasteiger partial charge is 0.254 e. The minimum Gasteiger partial charge on any atom is -0.254 e. The van der Waals surface area contributed by atoms with Crippen molar-refractivity contribution in [3.05, 3.63) is 60.7 Å². The van der Waals surface area contributed by atoms with E-state index in [0.29, 0.717) is 5.71 Å². The summed E-state index contributed by atoms with van der Waals surface area (Å²) in [5, 5.41) is 0. The van der Waals surface area contributed by atoms with Gasteiger partial charge in [0.2, 0.25) is 0 Å². The number of rotatable bonds is 15. The van der Waals surface area contributed by atoms with Crippen LogP contribution >= 0.6 is 0 Å². The van der Waals surface area contributed by atoms with Crippen molar-refractivity contribution in [2.24, 2.45) is 9.98 Å². The predicted molar refractivity (Wildman–Crippen MR) is 142 cm³/mol. The van der Waals surface area contributed by atoms with Gasteiger partial charge in [0.15, 0.2) is 0 Å². The summed E-state index contributed by atoms with van der Waals surface area (Å²) in [5.74, 6) is 6.53. The molecule has 0 heterocycles. The quantitative estimate of drug-likeness (QED) is 0.104. The summed E-state index contributed by atoms with van der Waals surface area (Å²) in [4.78, 5) is 9.20. The molecule has 0 radical (unpaired) electrons. The molecule has 33 heavy (non-hydrogen) atoms. The Morgan fingerprint density at radius 3 is 1.70 bits per heavy atom. The maximum Gasteiger partial charge on any atom is 0.132 e. The van der Waals surface area contributed by atoms with Gasteiger partial charge in [-0.2, -0.15) is 0 Å². The normalized spacial score (nSPS) is 11.1. The van der Waals surface area contributed by atoms with Gasteiger partial charge in [-0.25, -0.2) is 4.99 Å². The second kappa shape index (κ2) is 20.4. The summed E-state index contributed by atoms with van der Waals surface area (Å²) in [6.07, 6.45) is 19.1. The van der Waals surface area contributed by atoms with Crippen LogP contribution in [0.25, 0.3) is 0 Å². The zero-order chi connectivity index (χ0) is 22.5. The van der Waals surface area contributed by atoms with Gasteiger partial charge in [-0.3, -0.25) is 4.99 Å². The van der Waals surface area contributed by atoms with E-state index in [1.54, 1.807) is 6.21 Å². The molecule has 0 saturated carbocycles. The summed E-state index contributed by atoms with van der Waals surface area (Å²) in [7, 11) is 0. The maximum absolute atomic E-state index is 4.67. The molecule has 0 aliphatic heterocycles. The Morgan fingerprint density at radius 2 is 1.15 bits per heavy atom. The third-order valence-electron chi connectivity index (χ3n) is 5.47. The zero-order valence-electron chi connectivity index (χ0n) is 20.3. The Hall–Kier alpha value is -2.17. The molecular weight excluding hydrogens is 447 g/mol. The van der Waals surface area contributed by atoms with Gasteiger partial charge in [0.1, 0.15) is 5.71 Å². The molecule has 2 nitrogen and oxygen atoms in total. The van der Waals surface area contributed by atoms with E-state index < -0.39 is 0 Å². The molecule has 0 N–H and O–H groups in total. The van der Waals surface area contributed by atoms with Crippen LogP contribution in [0.5, 0.6) is 0 Å². The molecule has 0 aromatic heterocycles. The first kappa shape index (κ1) is 28.9. The number of aliphatic imine (C=N–C) groups is 2. The SMILES string of the molecule is CCCCCCCCCCCCCCC#CC(/C=N/c1ccccc1)=N\c1ccccc1.[Ni]. The molecule has 0 aliphatic carbocycles. The molecule has 0 saturated heterocycles. The molecule has 0 amide bonds. The molecule has 0 bridgehead atoms. The Bertz CT molecular complexity index is 832. The minimum absolute atomic E-state index is 0. The van der Waals surface area contributed by atoms with Crippen LogP contribution in [0, 0.1) is 11.8 Å². The molecule has 2 aromatic rings. The van der Waals surface area contributed by atoms with Crippen LogP contribution in [0.1, 0.15) is 90.4 Å². The van der Waals surface area contributed by atoms with Crippen molar-refractivity contribution >= 4 is 23.3 Å². The van der Waals surface area contributed by atoms with Gasteiger partial charge in [-0.15, -0.1) is 0 Å². The third kappa shape index (κ3) is 15.3. The van der Waals surface area contributed by atoms with E-state index in [0.717, 1.165) is 17.8 Å². The van der Waals surface area contributed by atoms with Crippen molar-refractivity contribution in [3.63, 3.8) is 0 Å². The fraction of sp³-hybridized carbons (Fsp3) is 0.467. The Balaban J connectivity index is 0.00000544. The smallest absolute Gasteiger partial charge is 0.132 e. The van der Waals surface area contributed by atoms with Gasteiger partial charge in [0, 0.05) is 22.9 Å². The van der Waals surface area contributed by atoms with Gasteiger partial charge < -0.3 is 0 Å². The van der Waals surface area contributed by atoms with E-state index in [1.807, 2.05) is 60.7 Å². The van der Waals surface area contributed by atoms with E-state index in [2.05, 4.69) is 28.7 Å². The van der Waals surface area contributed by atoms with Crippen LogP contribution in [0.3, 0.4) is 0 Å². The first-order valence-corrected chi connectivity index (χ1v) is 12.6. The molecule has 0 spiro atoms. The van der Waals surface area contributed by atoms with E-state index in [4.69, 9.17) is 0 Å². The first-order valence-electron chi connectivity index (χ1n) is 12.6. The molecule has 0 aliphatic rings. The monoisotopic (exact) mass is 486 g/mol. The number of nitrogens with zero attached hydrogens (tertiary/aromatic N) is 2. The number of para-hydroxylation sites is 2. The van der Waals surface area contributed by atoms with Crippen LogP contribution in [-0.2, 0) is 16.5 Å². The van der Waals surface area contributed by atoms with Crippen LogP contribution in [0.2, 0.25) is 0 Å². The second-order valence-electron chi connectivity index (χ2n) is 8.37. The predicted octanol–water partition coefficient (Wildman–Crippen LogP) is 9.25. The average Bonchev–Trinajstić information content (AvgIpc) is 2.84. The topological polar surface area (TPSA) is 24.7 Å². The summed E-state index contributed by atoms with van der Waals surface area (Å²) in [6, 6.07) is 19.9. The molecular formula is C30H40N2Ni. The van der Waals surface area contributed by atoms with Crippen molar-refractivity contribution in [1.82, 2.24) is 0 Å². The van der Waals surface area contributed by atoms with Crippen molar-refractivity contribution < 1.29 is 16.5 Å². The van der Waals surface area contributed by atoms with Crippen molar-refractivity contribution in [2.75, 3.05) is 0 Å². The van der Waals surface area contributed by atoms with Crippen molar-refractivity contribution in [2.45, 2.75) is 90.4 Å². The number of unbranched alkanes of at least 4 members (excludes halogenated alkanes) is 12. The van der Waals surface area contributed by atoms with Gasteiger partial charge in [-0.1, -0.05) is 120 Å². The first-order chi connectivity index (χ1) is 15.9. The van der Waals surface area contributed by atoms with Gasteiger partial charge >= 0.3 is 0 Å². The standard InChI is InChI=1S/C30H40N2.Ni/c1-2-3-4-5-6-7-8-9-10-11-12-13-14-17-26-30(32-29-24-20-16-21-25-29)27-31-28-22-18-15-19-23-28;/h15-16,18-25,27H,2-14H2,1H3;/b31-27+,32-30+;. The van der Waals surface area contributed by atoms with Gasteiger partial charge in [0.05, 0.1) is 17.6 Å². The summed E-state index contributed by atoms with van der Waals surface area (Å²) < 4.78 is 0. The van der Waals surface area contributed by atoms with Crippen LogP contribution in [0.15, 0.2) is 70.6 Å². The van der Waals surface area contributed by atoms with E-state index in [9.17, 15) is 0 Å². The molecule has 0 atom stereocenters. The molecule has 3 heteroatoms. The summed E-state index contributed by atoms with van der Waals surface area (Å²) >= 11 is 0. The van der Waals surface area contributed by atoms with Crippen molar-refractivity contribution in [3.8, 4) is 11.8 Å². The molecule has 2 aromatic carbocycles. The fourth-order valence-electron chi connectivity index (χ4n) is 3.59. The van der Waals surface area contributed by atoms with E-state index in [-0.39, 0.29) is 16.5 Å². The molecule has 0 fully saturated rings. The fourth-order valence-corrected chi connectivity index (χ4v) is 3.59. The number of benzene rings is 2. The Morgan fingerprint density at radius 1 is 0.667 bits per heavy atom. The summed E-state index contributed by atoms with van der Waals surface area (Å²) in [6.45, 7) is 2.28. The Labute approximate surface area is 212 Å². The van der Waals surface area contributed by atoms with E-state index >= 15 is 0 Å². The van der Waals surface area contributed by atoms with Gasteiger partial charge in [-0.05, 0) is 36.6 Å². The van der Waals surface area contributed by atoms with Crippen LogP contribution in [0.4, 0.5) is 11.4 Å². The summed E-state index contributed by atoms with van der Waals surface area (Å²) in [5.41, 5.74) is 2.52. The van der Waals surface area contributed by atoms with Crippen LogP contribution in [-0.4, -0.2) is 11.9 Å². The molecule has 180 valence electrons. The van der Waals surface area contributed by atoms with Gasteiger partial charge in [0.25, 0.3) is 0 Å². The average molecular weight is 487 g/mol.